The molecule has 0 atom stereocenters. The zero-order valence-electron chi connectivity index (χ0n) is 8.19. The fourth-order valence-electron chi connectivity index (χ4n) is 2.10. The Morgan fingerprint density at radius 3 is 2.50 bits per heavy atom. The van der Waals surface area contributed by atoms with E-state index in [9.17, 15) is 4.79 Å². The predicted octanol–water partition coefficient (Wildman–Crippen LogP) is 2.78. The predicted molar refractivity (Wildman–Crippen MR) is 60.1 cm³/mol. The summed E-state index contributed by atoms with van der Waals surface area (Å²) < 4.78 is 1.89. The number of hydrogen-bond donors (Lipinski definition) is 0. The molecule has 0 N–H and O–H groups in total. The third-order valence-electron chi connectivity index (χ3n) is 2.82. The van der Waals surface area contributed by atoms with Crippen molar-refractivity contribution in [2.24, 2.45) is 0 Å². The van der Waals surface area contributed by atoms with Gasteiger partial charge < -0.3 is 4.57 Å². The number of hydrogen-bond acceptors (Lipinski definition) is 1. The average molecular weight is 214 g/mol. The monoisotopic (exact) mass is 213 g/mol. The smallest absolute Gasteiger partial charge is 0.250 e. The van der Waals surface area contributed by atoms with Gasteiger partial charge in [-0.2, -0.15) is 0 Å². The second-order valence-electron chi connectivity index (χ2n) is 3.74. The molecule has 3 heteroatoms. The van der Waals surface area contributed by atoms with Crippen LogP contribution in [0.3, 0.4) is 0 Å². The van der Waals surface area contributed by atoms with Crippen molar-refractivity contribution in [2.45, 2.75) is 38.1 Å². The molecule has 0 saturated heterocycles. The molecule has 78 valence electrons. The molecule has 2 nitrogen and oxygen atoms in total. The summed E-state index contributed by atoms with van der Waals surface area (Å²) in [5.74, 6) is 0. The van der Waals surface area contributed by atoms with E-state index in [1.54, 1.807) is 6.07 Å². The minimum atomic E-state index is 0. The standard InChI is InChI=1S/C11H15NO.ClH/c13-11-8-4-5-9-12(11)10-6-2-1-3-7-10;/h4-5,8-10H,1-3,6-7H2;1H. The van der Waals surface area contributed by atoms with Gasteiger partial charge >= 0.3 is 0 Å². The van der Waals surface area contributed by atoms with Crippen LogP contribution >= 0.6 is 12.4 Å². The average Bonchev–Trinajstić information content (AvgIpc) is 2.20. The maximum atomic E-state index is 11.5. The molecule has 0 unspecified atom stereocenters. The van der Waals surface area contributed by atoms with Gasteiger partial charge in [0.25, 0.3) is 5.56 Å². The van der Waals surface area contributed by atoms with Gasteiger partial charge in [-0.25, -0.2) is 0 Å². The molecule has 1 aromatic heterocycles. The Morgan fingerprint density at radius 1 is 1.14 bits per heavy atom. The Hall–Kier alpha value is -0.760. The van der Waals surface area contributed by atoms with Gasteiger partial charge in [0.2, 0.25) is 0 Å². The Balaban J connectivity index is 0.000000980. The van der Waals surface area contributed by atoms with Crippen molar-refractivity contribution in [3.63, 3.8) is 0 Å². The lowest BCUT2D eigenvalue weighted by Crippen LogP contribution is -2.24. The zero-order chi connectivity index (χ0) is 9.10. The lowest BCUT2D eigenvalue weighted by molar-refractivity contribution is 0.346. The molecule has 1 aliphatic carbocycles. The summed E-state index contributed by atoms with van der Waals surface area (Å²) in [7, 11) is 0. The summed E-state index contributed by atoms with van der Waals surface area (Å²) >= 11 is 0. The summed E-state index contributed by atoms with van der Waals surface area (Å²) in [4.78, 5) is 11.5. The van der Waals surface area contributed by atoms with Crippen LogP contribution in [-0.2, 0) is 0 Å². The van der Waals surface area contributed by atoms with Crippen LogP contribution in [-0.4, -0.2) is 4.57 Å². The maximum Gasteiger partial charge on any atom is 0.250 e. The quantitative estimate of drug-likeness (QED) is 0.703. The van der Waals surface area contributed by atoms with Crippen LogP contribution in [0.1, 0.15) is 38.1 Å². The van der Waals surface area contributed by atoms with Gasteiger partial charge in [0, 0.05) is 18.3 Å². The second kappa shape index (κ2) is 5.20. The fraction of sp³-hybridized carbons (Fsp3) is 0.545. The van der Waals surface area contributed by atoms with Crippen molar-refractivity contribution < 1.29 is 0 Å². The summed E-state index contributed by atoms with van der Waals surface area (Å²) in [5.41, 5.74) is 0.148. The Bertz CT molecular complexity index is 328. The molecule has 1 fully saturated rings. The van der Waals surface area contributed by atoms with Crippen LogP contribution in [0.5, 0.6) is 0 Å². The molecule has 1 saturated carbocycles. The highest BCUT2D eigenvalue weighted by Crippen LogP contribution is 2.26. The van der Waals surface area contributed by atoms with Gasteiger partial charge in [-0.1, -0.05) is 25.3 Å². The third kappa shape index (κ3) is 2.38. The number of halogens is 1. The highest BCUT2D eigenvalue weighted by atomic mass is 35.5. The lowest BCUT2D eigenvalue weighted by atomic mass is 9.95. The molecule has 0 spiro atoms. The summed E-state index contributed by atoms with van der Waals surface area (Å²) in [6, 6.07) is 5.86. The summed E-state index contributed by atoms with van der Waals surface area (Å²) in [5, 5.41) is 0. The Morgan fingerprint density at radius 2 is 1.86 bits per heavy atom. The van der Waals surface area contributed by atoms with Crippen LogP contribution in [0.15, 0.2) is 29.2 Å². The van der Waals surface area contributed by atoms with E-state index >= 15 is 0 Å². The van der Waals surface area contributed by atoms with Crippen molar-refractivity contribution in [1.29, 1.82) is 0 Å². The van der Waals surface area contributed by atoms with Crippen LogP contribution in [0, 0.1) is 0 Å². The minimum Gasteiger partial charge on any atom is -0.312 e. The van der Waals surface area contributed by atoms with E-state index in [1.165, 1.54) is 32.1 Å². The molecule has 0 radical (unpaired) electrons. The molecule has 2 rings (SSSR count). The van der Waals surface area contributed by atoms with Gasteiger partial charge in [-0.3, -0.25) is 4.79 Å². The van der Waals surface area contributed by atoms with E-state index in [0.717, 1.165) is 0 Å². The van der Waals surface area contributed by atoms with Crippen molar-refractivity contribution in [2.75, 3.05) is 0 Å². The van der Waals surface area contributed by atoms with Crippen LogP contribution in [0.25, 0.3) is 0 Å². The van der Waals surface area contributed by atoms with Crippen molar-refractivity contribution >= 4 is 12.4 Å². The van der Waals surface area contributed by atoms with Gasteiger partial charge in [-0.05, 0) is 18.9 Å². The molecule has 0 bridgehead atoms. The highest BCUT2D eigenvalue weighted by molar-refractivity contribution is 5.85. The van der Waals surface area contributed by atoms with Crippen LogP contribution in [0.2, 0.25) is 0 Å². The topological polar surface area (TPSA) is 22.0 Å². The van der Waals surface area contributed by atoms with E-state index in [4.69, 9.17) is 0 Å². The van der Waals surface area contributed by atoms with Gasteiger partial charge in [0.05, 0.1) is 0 Å². The highest BCUT2D eigenvalue weighted by Gasteiger charge is 2.14. The van der Waals surface area contributed by atoms with Crippen molar-refractivity contribution in [3.05, 3.63) is 34.7 Å². The van der Waals surface area contributed by atoms with Crippen LogP contribution < -0.4 is 5.56 Å². The number of pyridine rings is 1. The molecular weight excluding hydrogens is 198 g/mol. The minimum absolute atomic E-state index is 0. The first-order valence-corrected chi connectivity index (χ1v) is 5.05. The number of rotatable bonds is 1. The van der Waals surface area contributed by atoms with Crippen molar-refractivity contribution in [3.8, 4) is 0 Å². The normalized spacial score (nSPS) is 17.4. The van der Waals surface area contributed by atoms with E-state index in [-0.39, 0.29) is 18.0 Å². The van der Waals surface area contributed by atoms with Crippen molar-refractivity contribution in [1.82, 2.24) is 4.57 Å². The van der Waals surface area contributed by atoms with E-state index in [0.29, 0.717) is 6.04 Å². The number of nitrogens with zero attached hydrogens (tertiary/aromatic N) is 1. The first-order valence-electron chi connectivity index (χ1n) is 5.05. The van der Waals surface area contributed by atoms with Gasteiger partial charge in [0.15, 0.2) is 0 Å². The van der Waals surface area contributed by atoms with Gasteiger partial charge in [0.1, 0.15) is 0 Å². The molecule has 1 aromatic rings. The van der Waals surface area contributed by atoms with E-state index in [1.807, 2.05) is 22.9 Å². The maximum absolute atomic E-state index is 11.5. The Kier molecular flexibility index (Phi) is 4.21. The van der Waals surface area contributed by atoms with E-state index in [2.05, 4.69) is 0 Å². The lowest BCUT2D eigenvalue weighted by Gasteiger charge is -2.23. The number of aromatic nitrogens is 1. The molecular formula is C11H16ClNO. The SMILES string of the molecule is Cl.O=c1ccccn1C1CCCCC1. The molecule has 14 heavy (non-hydrogen) atoms. The molecule has 0 aliphatic heterocycles. The first-order chi connectivity index (χ1) is 6.38. The largest absolute Gasteiger partial charge is 0.312 e. The third-order valence-corrected chi connectivity index (χ3v) is 2.82. The van der Waals surface area contributed by atoms with E-state index < -0.39 is 0 Å². The summed E-state index contributed by atoms with van der Waals surface area (Å²) in [6.45, 7) is 0. The summed E-state index contributed by atoms with van der Waals surface area (Å²) in [6.07, 6.45) is 8.13. The Labute approximate surface area is 90.4 Å². The van der Waals surface area contributed by atoms with Crippen LogP contribution in [0.4, 0.5) is 0 Å². The first kappa shape index (κ1) is 11.3. The van der Waals surface area contributed by atoms with Gasteiger partial charge in [-0.15, -0.1) is 12.4 Å². The molecule has 0 amide bonds. The molecule has 0 aromatic carbocycles. The zero-order valence-corrected chi connectivity index (χ0v) is 9.00. The molecule has 1 aliphatic rings. The fourth-order valence-corrected chi connectivity index (χ4v) is 2.10. The molecule has 1 heterocycles. The second-order valence-corrected chi connectivity index (χ2v) is 3.74.